The van der Waals surface area contributed by atoms with E-state index < -0.39 is 17.9 Å². The second-order valence-electron chi connectivity index (χ2n) is 3.91. The van der Waals surface area contributed by atoms with Crippen molar-refractivity contribution >= 4 is 11.9 Å². The van der Waals surface area contributed by atoms with Crippen molar-refractivity contribution in [2.45, 2.75) is 19.8 Å². The van der Waals surface area contributed by atoms with Crippen molar-refractivity contribution in [3.63, 3.8) is 0 Å². The van der Waals surface area contributed by atoms with Crippen molar-refractivity contribution < 1.29 is 19.1 Å². The van der Waals surface area contributed by atoms with Gasteiger partial charge in [0, 0.05) is 19.2 Å². The Morgan fingerprint density at radius 2 is 1.89 bits per heavy atom. The summed E-state index contributed by atoms with van der Waals surface area (Å²) in [5.41, 5.74) is 1.72. The molecular weight excluding hydrogens is 236 g/mol. The van der Waals surface area contributed by atoms with Gasteiger partial charge in [-0.3, -0.25) is 14.3 Å². The number of aromatic nitrogens is 2. The number of hydrogen-bond acceptors (Lipinski definition) is 5. The molecule has 100 valence electrons. The minimum absolute atomic E-state index is 0.225. The van der Waals surface area contributed by atoms with Crippen LogP contribution in [0.2, 0.25) is 0 Å². The van der Waals surface area contributed by atoms with Gasteiger partial charge < -0.3 is 9.47 Å². The van der Waals surface area contributed by atoms with Crippen LogP contribution in [-0.2, 0) is 39.0 Å². The average molecular weight is 254 g/mol. The first-order valence-electron chi connectivity index (χ1n) is 5.70. The molecule has 1 rings (SSSR count). The zero-order valence-electron chi connectivity index (χ0n) is 11.1. The molecule has 1 aromatic rings. The van der Waals surface area contributed by atoms with Crippen LogP contribution < -0.4 is 0 Å². The summed E-state index contributed by atoms with van der Waals surface area (Å²) in [6, 6.07) is 1.87. The molecule has 0 unspecified atom stereocenters. The fourth-order valence-corrected chi connectivity index (χ4v) is 1.69. The van der Waals surface area contributed by atoms with Gasteiger partial charge in [0.2, 0.25) is 0 Å². The Kier molecular flexibility index (Phi) is 4.88. The van der Waals surface area contributed by atoms with E-state index in [2.05, 4.69) is 14.6 Å². The van der Waals surface area contributed by atoms with Crippen LogP contribution >= 0.6 is 0 Å². The van der Waals surface area contributed by atoms with E-state index in [4.69, 9.17) is 0 Å². The molecule has 0 aliphatic rings. The molecule has 0 aliphatic carbocycles. The van der Waals surface area contributed by atoms with Gasteiger partial charge in [0.15, 0.2) is 5.92 Å². The molecule has 6 heteroatoms. The second kappa shape index (κ2) is 6.18. The van der Waals surface area contributed by atoms with E-state index >= 15 is 0 Å². The van der Waals surface area contributed by atoms with Crippen LogP contribution in [0.25, 0.3) is 0 Å². The fourth-order valence-electron chi connectivity index (χ4n) is 1.69. The monoisotopic (exact) mass is 254 g/mol. The molecule has 0 saturated carbocycles. The molecule has 6 nitrogen and oxygen atoms in total. The summed E-state index contributed by atoms with van der Waals surface area (Å²) in [5, 5.41) is 4.26. The number of carbonyl (C=O) groups excluding carboxylic acids is 2. The summed E-state index contributed by atoms with van der Waals surface area (Å²) in [6.07, 6.45) is 1.03. The van der Waals surface area contributed by atoms with Crippen molar-refractivity contribution in [2.24, 2.45) is 13.0 Å². The maximum atomic E-state index is 11.6. The third-order valence-corrected chi connectivity index (χ3v) is 2.77. The quantitative estimate of drug-likeness (QED) is 0.565. The lowest BCUT2D eigenvalue weighted by Gasteiger charge is -2.12. The summed E-state index contributed by atoms with van der Waals surface area (Å²) < 4.78 is 10.9. The highest BCUT2D eigenvalue weighted by Crippen LogP contribution is 2.13. The molecule has 18 heavy (non-hydrogen) atoms. The lowest BCUT2D eigenvalue weighted by atomic mass is 10.0. The van der Waals surface area contributed by atoms with Crippen molar-refractivity contribution in [2.75, 3.05) is 14.2 Å². The normalized spacial score (nSPS) is 10.5. The van der Waals surface area contributed by atoms with Crippen LogP contribution in [0.5, 0.6) is 0 Å². The summed E-state index contributed by atoms with van der Waals surface area (Å²) >= 11 is 0. The van der Waals surface area contributed by atoms with Gasteiger partial charge in [-0.15, -0.1) is 0 Å². The second-order valence-corrected chi connectivity index (χ2v) is 3.91. The van der Waals surface area contributed by atoms with Crippen LogP contribution in [0.4, 0.5) is 0 Å². The number of carbonyl (C=O) groups is 2. The summed E-state index contributed by atoms with van der Waals surface area (Å²) in [6.45, 7) is 1.99. The highest BCUT2D eigenvalue weighted by Gasteiger charge is 2.30. The maximum absolute atomic E-state index is 11.6. The van der Waals surface area contributed by atoms with Gasteiger partial charge >= 0.3 is 11.9 Å². The number of esters is 2. The van der Waals surface area contributed by atoms with Crippen LogP contribution in [0.1, 0.15) is 18.3 Å². The van der Waals surface area contributed by atoms with Crippen molar-refractivity contribution in [3.8, 4) is 0 Å². The number of aryl methyl sites for hydroxylation is 2. The Morgan fingerprint density at radius 3 is 2.28 bits per heavy atom. The van der Waals surface area contributed by atoms with Gasteiger partial charge in [0.25, 0.3) is 0 Å². The third kappa shape index (κ3) is 3.09. The molecule has 0 fully saturated rings. The average Bonchev–Trinajstić information content (AvgIpc) is 2.74. The van der Waals surface area contributed by atoms with Crippen molar-refractivity contribution in [1.29, 1.82) is 0 Å². The lowest BCUT2D eigenvalue weighted by molar-refractivity contribution is -0.158. The topological polar surface area (TPSA) is 70.4 Å². The van der Waals surface area contributed by atoms with Gasteiger partial charge in [-0.2, -0.15) is 5.10 Å². The summed E-state index contributed by atoms with van der Waals surface area (Å²) in [4.78, 5) is 23.1. The van der Waals surface area contributed by atoms with E-state index in [1.165, 1.54) is 14.2 Å². The van der Waals surface area contributed by atoms with Crippen LogP contribution in [-0.4, -0.2) is 35.9 Å². The van der Waals surface area contributed by atoms with Crippen LogP contribution in [0, 0.1) is 5.92 Å². The van der Waals surface area contributed by atoms with Crippen molar-refractivity contribution in [3.05, 3.63) is 17.5 Å². The Bertz CT molecular complexity index is 423. The SMILES string of the molecule is CCc1cc(CC(C(=O)OC)C(=O)OC)n(C)n1. The zero-order valence-corrected chi connectivity index (χ0v) is 11.1. The highest BCUT2D eigenvalue weighted by molar-refractivity contribution is 5.95. The van der Waals surface area contributed by atoms with E-state index in [9.17, 15) is 9.59 Å². The molecule has 1 heterocycles. The Morgan fingerprint density at radius 1 is 1.33 bits per heavy atom. The molecule has 0 atom stereocenters. The molecule has 0 bridgehead atoms. The molecule has 0 N–H and O–H groups in total. The standard InChI is InChI=1S/C12H18N2O4/c1-5-8-6-9(14(2)13-8)7-10(11(15)17-3)12(16)18-4/h6,10H,5,7H2,1-4H3. The molecular formula is C12H18N2O4. The number of methoxy groups -OCH3 is 2. The van der Waals surface area contributed by atoms with E-state index in [1.54, 1.807) is 11.7 Å². The Balaban J connectivity index is 2.91. The minimum Gasteiger partial charge on any atom is -0.468 e. The zero-order chi connectivity index (χ0) is 13.7. The van der Waals surface area contributed by atoms with Gasteiger partial charge in [0.05, 0.1) is 19.9 Å². The highest BCUT2D eigenvalue weighted by atomic mass is 16.5. The Labute approximate surface area is 106 Å². The molecule has 0 aromatic carbocycles. The number of hydrogen-bond donors (Lipinski definition) is 0. The molecule has 0 saturated heterocycles. The number of ether oxygens (including phenoxy) is 2. The molecule has 0 aliphatic heterocycles. The van der Waals surface area contributed by atoms with Gasteiger partial charge in [0.1, 0.15) is 0 Å². The number of rotatable bonds is 5. The van der Waals surface area contributed by atoms with E-state index in [1.807, 2.05) is 13.0 Å². The molecule has 1 aromatic heterocycles. The third-order valence-electron chi connectivity index (χ3n) is 2.77. The molecule has 0 amide bonds. The molecule has 0 spiro atoms. The first kappa shape index (κ1) is 14.2. The predicted octanol–water partition coefficient (Wildman–Crippen LogP) is 0.487. The lowest BCUT2D eigenvalue weighted by Crippen LogP contribution is -2.29. The smallest absolute Gasteiger partial charge is 0.320 e. The minimum atomic E-state index is -0.944. The summed E-state index contributed by atoms with van der Waals surface area (Å²) in [5.74, 6) is -2.14. The first-order chi connectivity index (χ1) is 8.53. The van der Waals surface area contributed by atoms with Crippen LogP contribution in [0.3, 0.4) is 0 Å². The fraction of sp³-hybridized carbons (Fsp3) is 0.583. The van der Waals surface area contributed by atoms with E-state index in [-0.39, 0.29) is 6.42 Å². The van der Waals surface area contributed by atoms with E-state index in [0.29, 0.717) is 0 Å². The Hall–Kier alpha value is -1.85. The van der Waals surface area contributed by atoms with Gasteiger partial charge in [-0.1, -0.05) is 6.92 Å². The first-order valence-corrected chi connectivity index (χ1v) is 5.70. The van der Waals surface area contributed by atoms with Gasteiger partial charge in [-0.05, 0) is 12.5 Å². The summed E-state index contributed by atoms with van der Waals surface area (Å²) in [7, 11) is 4.28. The predicted molar refractivity (Wildman–Crippen MR) is 63.8 cm³/mol. The van der Waals surface area contributed by atoms with E-state index in [0.717, 1.165) is 17.8 Å². The van der Waals surface area contributed by atoms with Gasteiger partial charge in [-0.25, -0.2) is 0 Å². The maximum Gasteiger partial charge on any atom is 0.320 e. The molecule has 0 radical (unpaired) electrons. The van der Waals surface area contributed by atoms with Crippen molar-refractivity contribution in [1.82, 2.24) is 9.78 Å². The largest absolute Gasteiger partial charge is 0.468 e. The number of nitrogens with zero attached hydrogens (tertiary/aromatic N) is 2. The van der Waals surface area contributed by atoms with Crippen LogP contribution in [0.15, 0.2) is 6.07 Å².